The maximum atomic E-state index is 14.8. The second kappa shape index (κ2) is 6.91. The van der Waals surface area contributed by atoms with E-state index in [0.717, 1.165) is 51.4 Å². The zero-order chi connectivity index (χ0) is 16.3. The summed E-state index contributed by atoms with van der Waals surface area (Å²) >= 11 is 0. The molecule has 0 nitrogen and oxygen atoms in total. The van der Waals surface area contributed by atoms with Crippen molar-refractivity contribution >= 4 is 0 Å². The Labute approximate surface area is 139 Å². The number of benzene rings is 1. The summed E-state index contributed by atoms with van der Waals surface area (Å²) in [6.07, 6.45) is 13.6. The lowest BCUT2D eigenvalue weighted by atomic mass is 9.48. The monoisotopic (exact) mass is 320 g/mol. The van der Waals surface area contributed by atoms with Gasteiger partial charge in [0, 0.05) is 11.0 Å². The minimum absolute atomic E-state index is 0.101. The standard InChI is InChI=1S/C21H30F2/c1-2-12-20(13-5-3-6-14-20)21(15-7-4-8-16-21)19-17(22)10-9-11-18(19)23/h9-11H,2-8,12-16H2,1H3. The lowest BCUT2D eigenvalue weighted by Crippen LogP contribution is -2.49. The third kappa shape index (κ3) is 2.83. The van der Waals surface area contributed by atoms with Crippen molar-refractivity contribution in [3.05, 3.63) is 35.4 Å². The van der Waals surface area contributed by atoms with Gasteiger partial charge >= 0.3 is 0 Å². The highest BCUT2D eigenvalue weighted by Crippen LogP contribution is 2.60. The van der Waals surface area contributed by atoms with E-state index in [1.165, 1.54) is 43.9 Å². The molecule has 2 heteroatoms. The molecule has 0 aliphatic heterocycles. The van der Waals surface area contributed by atoms with Crippen LogP contribution in [0.5, 0.6) is 0 Å². The molecule has 2 saturated carbocycles. The fourth-order valence-electron chi connectivity index (χ4n) is 5.83. The third-order valence-electron chi connectivity index (χ3n) is 6.70. The average Bonchev–Trinajstić information content (AvgIpc) is 2.56. The molecule has 1 aromatic carbocycles. The van der Waals surface area contributed by atoms with Gasteiger partial charge in [-0.1, -0.05) is 57.9 Å². The fourth-order valence-corrected chi connectivity index (χ4v) is 5.83. The van der Waals surface area contributed by atoms with Crippen LogP contribution in [0.15, 0.2) is 18.2 Å². The van der Waals surface area contributed by atoms with Crippen LogP contribution in [0.4, 0.5) is 8.78 Å². The Balaban J connectivity index is 2.15. The van der Waals surface area contributed by atoms with Crippen LogP contribution in [0, 0.1) is 17.0 Å². The highest BCUT2D eigenvalue weighted by atomic mass is 19.1. The fraction of sp³-hybridized carbons (Fsp3) is 0.714. The van der Waals surface area contributed by atoms with Gasteiger partial charge in [-0.05, 0) is 49.7 Å². The summed E-state index contributed by atoms with van der Waals surface area (Å²) in [7, 11) is 0. The molecule has 0 unspecified atom stereocenters. The molecule has 23 heavy (non-hydrogen) atoms. The first-order chi connectivity index (χ1) is 11.2. The molecule has 0 amide bonds. The Morgan fingerprint density at radius 3 is 1.87 bits per heavy atom. The number of rotatable bonds is 4. The van der Waals surface area contributed by atoms with Crippen LogP contribution in [-0.2, 0) is 5.41 Å². The molecule has 0 radical (unpaired) electrons. The Morgan fingerprint density at radius 2 is 1.35 bits per heavy atom. The largest absolute Gasteiger partial charge is 0.207 e. The van der Waals surface area contributed by atoms with Crippen molar-refractivity contribution < 1.29 is 8.78 Å². The summed E-state index contributed by atoms with van der Waals surface area (Å²) in [6, 6.07) is 4.45. The van der Waals surface area contributed by atoms with E-state index in [1.807, 2.05) is 0 Å². The first-order valence-corrected chi connectivity index (χ1v) is 9.60. The summed E-state index contributed by atoms with van der Waals surface area (Å²) in [4.78, 5) is 0. The van der Waals surface area contributed by atoms with Crippen LogP contribution in [0.3, 0.4) is 0 Å². The van der Waals surface area contributed by atoms with Crippen molar-refractivity contribution in [1.82, 2.24) is 0 Å². The van der Waals surface area contributed by atoms with Crippen molar-refractivity contribution in [2.75, 3.05) is 0 Å². The number of hydrogen-bond acceptors (Lipinski definition) is 0. The second-order valence-corrected chi connectivity index (χ2v) is 7.83. The van der Waals surface area contributed by atoms with Crippen molar-refractivity contribution in [3.63, 3.8) is 0 Å². The maximum Gasteiger partial charge on any atom is 0.129 e. The molecule has 2 aliphatic carbocycles. The molecule has 128 valence electrons. The highest BCUT2D eigenvalue weighted by molar-refractivity contribution is 5.33. The molecule has 2 aliphatic rings. The van der Waals surface area contributed by atoms with Gasteiger partial charge in [0.2, 0.25) is 0 Å². The lowest BCUT2D eigenvalue weighted by Gasteiger charge is -2.55. The van der Waals surface area contributed by atoms with Gasteiger partial charge in [0.15, 0.2) is 0 Å². The van der Waals surface area contributed by atoms with Crippen molar-refractivity contribution in [2.24, 2.45) is 5.41 Å². The second-order valence-electron chi connectivity index (χ2n) is 7.83. The van der Waals surface area contributed by atoms with E-state index in [9.17, 15) is 8.78 Å². The van der Waals surface area contributed by atoms with Crippen molar-refractivity contribution in [1.29, 1.82) is 0 Å². The SMILES string of the molecule is CCCC1(C2(c3c(F)cccc3F)CCCCC2)CCCCC1. The molecule has 0 atom stereocenters. The molecule has 0 aromatic heterocycles. The first-order valence-electron chi connectivity index (χ1n) is 9.60. The minimum atomic E-state index is -0.312. The Morgan fingerprint density at radius 1 is 0.826 bits per heavy atom. The molecule has 0 N–H and O–H groups in total. The zero-order valence-corrected chi connectivity index (χ0v) is 14.5. The van der Waals surface area contributed by atoms with Gasteiger partial charge in [-0.15, -0.1) is 0 Å². The quantitative estimate of drug-likeness (QED) is 0.565. The Kier molecular flexibility index (Phi) is 5.08. The molecule has 0 saturated heterocycles. The summed E-state index contributed by atoms with van der Waals surface area (Å²) in [6.45, 7) is 2.23. The minimum Gasteiger partial charge on any atom is -0.207 e. The number of hydrogen-bond donors (Lipinski definition) is 0. The molecular formula is C21H30F2. The smallest absolute Gasteiger partial charge is 0.129 e. The van der Waals surface area contributed by atoms with E-state index in [1.54, 1.807) is 0 Å². The van der Waals surface area contributed by atoms with Crippen LogP contribution in [0.25, 0.3) is 0 Å². The van der Waals surface area contributed by atoms with Crippen LogP contribution >= 0.6 is 0 Å². The van der Waals surface area contributed by atoms with Gasteiger partial charge in [-0.25, -0.2) is 8.78 Å². The summed E-state index contributed by atoms with van der Waals surface area (Å²) in [5.41, 5.74) is 0.246. The van der Waals surface area contributed by atoms with Crippen molar-refractivity contribution in [3.8, 4) is 0 Å². The van der Waals surface area contributed by atoms with Gasteiger partial charge in [0.05, 0.1) is 0 Å². The van der Waals surface area contributed by atoms with E-state index in [4.69, 9.17) is 0 Å². The molecule has 1 aromatic rings. The summed E-state index contributed by atoms with van der Waals surface area (Å²) in [5.74, 6) is -0.624. The van der Waals surface area contributed by atoms with Gasteiger partial charge in [-0.2, -0.15) is 0 Å². The van der Waals surface area contributed by atoms with E-state index < -0.39 is 0 Å². The molecular weight excluding hydrogens is 290 g/mol. The Hall–Kier alpha value is -0.920. The van der Waals surface area contributed by atoms with E-state index in [-0.39, 0.29) is 22.5 Å². The molecule has 3 rings (SSSR count). The molecule has 0 heterocycles. The van der Waals surface area contributed by atoms with Crippen molar-refractivity contribution in [2.45, 2.75) is 89.4 Å². The van der Waals surface area contributed by atoms with Gasteiger partial charge in [0.1, 0.15) is 11.6 Å². The predicted molar refractivity (Wildman–Crippen MR) is 91.5 cm³/mol. The first kappa shape index (κ1) is 16.9. The van der Waals surface area contributed by atoms with Gasteiger partial charge in [0.25, 0.3) is 0 Å². The number of halogens is 2. The van der Waals surface area contributed by atoms with Crippen LogP contribution in [0.1, 0.15) is 89.5 Å². The van der Waals surface area contributed by atoms with Gasteiger partial charge in [-0.3, -0.25) is 0 Å². The van der Waals surface area contributed by atoms with Crippen LogP contribution in [-0.4, -0.2) is 0 Å². The zero-order valence-electron chi connectivity index (χ0n) is 14.5. The maximum absolute atomic E-state index is 14.8. The molecule has 0 bridgehead atoms. The normalized spacial score (nSPS) is 23.6. The van der Waals surface area contributed by atoms with Gasteiger partial charge < -0.3 is 0 Å². The van der Waals surface area contributed by atoms with E-state index in [0.29, 0.717) is 5.56 Å². The van der Waals surface area contributed by atoms with Crippen LogP contribution in [0.2, 0.25) is 0 Å². The summed E-state index contributed by atoms with van der Waals surface area (Å²) < 4.78 is 29.6. The highest BCUT2D eigenvalue weighted by Gasteiger charge is 2.53. The third-order valence-corrected chi connectivity index (χ3v) is 6.70. The predicted octanol–water partition coefficient (Wildman–Crippen LogP) is 6.92. The topological polar surface area (TPSA) is 0 Å². The lowest BCUT2D eigenvalue weighted by molar-refractivity contribution is 0.0162. The van der Waals surface area contributed by atoms with E-state index in [2.05, 4.69) is 6.92 Å². The van der Waals surface area contributed by atoms with E-state index >= 15 is 0 Å². The molecule has 2 fully saturated rings. The Bertz CT molecular complexity index is 497. The van der Waals surface area contributed by atoms with Crippen LogP contribution < -0.4 is 0 Å². The molecule has 0 spiro atoms. The average molecular weight is 320 g/mol. The summed E-state index contributed by atoms with van der Waals surface area (Å²) in [5, 5.41) is 0.